The number of benzene rings is 1. The van der Waals surface area contributed by atoms with Crippen molar-refractivity contribution < 1.29 is 32.0 Å². The van der Waals surface area contributed by atoms with Crippen LogP contribution in [-0.2, 0) is 32.5 Å². The van der Waals surface area contributed by atoms with Gasteiger partial charge >= 0.3 is 16.1 Å². The molecule has 2 aromatic rings. The molecule has 2 rings (SSSR count). The van der Waals surface area contributed by atoms with Gasteiger partial charge in [-0.25, -0.2) is 9.78 Å². The second-order valence-corrected chi connectivity index (χ2v) is 7.80. The van der Waals surface area contributed by atoms with Gasteiger partial charge in [-0.2, -0.15) is 8.42 Å². The molecule has 0 radical (unpaired) electrons. The van der Waals surface area contributed by atoms with Crippen LogP contribution in [0.5, 0.6) is 11.6 Å². The van der Waals surface area contributed by atoms with E-state index in [2.05, 4.69) is 4.98 Å². The molecule has 1 N–H and O–H groups in total. The van der Waals surface area contributed by atoms with Crippen molar-refractivity contribution in [2.75, 3.05) is 19.5 Å². The fourth-order valence-electron chi connectivity index (χ4n) is 2.29. The Morgan fingerprint density at radius 1 is 1.14 bits per heavy atom. The number of hydrogen-bond acceptors (Lipinski definition) is 7. The van der Waals surface area contributed by atoms with Gasteiger partial charge in [-0.3, -0.25) is 0 Å². The van der Waals surface area contributed by atoms with Gasteiger partial charge in [0.1, 0.15) is 5.75 Å². The lowest BCUT2D eigenvalue weighted by molar-refractivity contribution is -0.148. The Balaban J connectivity index is 1.82. The monoisotopic (exact) mass is 409 g/mol. The highest BCUT2D eigenvalue weighted by molar-refractivity contribution is 7.87. The van der Waals surface area contributed by atoms with Crippen molar-refractivity contribution in [2.24, 2.45) is 0 Å². The molecule has 0 aliphatic rings. The second kappa shape index (κ2) is 10.0. The molecule has 0 saturated carbocycles. The molecule has 9 heteroatoms. The number of nitrogens with zero attached hydrogens (tertiary/aromatic N) is 1. The summed E-state index contributed by atoms with van der Waals surface area (Å²) in [5, 5.41) is 8.99. The minimum atomic E-state index is -3.53. The third-order valence-electron chi connectivity index (χ3n) is 3.92. The maximum absolute atomic E-state index is 11.4. The normalized spacial score (nSPS) is 12.4. The topological polar surface area (TPSA) is 112 Å². The lowest BCUT2D eigenvalue weighted by atomic mass is 10.1. The van der Waals surface area contributed by atoms with Crippen molar-refractivity contribution in [2.45, 2.75) is 25.9 Å². The summed E-state index contributed by atoms with van der Waals surface area (Å²) in [5.74, 6) is -0.398. The van der Waals surface area contributed by atoms with Gasteiger partial charge in [0.15, 0.2) is 6.10 Å². The summed E-state index contributed by atoms with van der Waals surface area (Å²) in [4.78, 5) is 15.1. The number of carbonyl (C=O) groups is 1. The first kappa shape index (κ1) is 21.6. The molecular weight excluding hydrogens is 386 g/mol. The lowest BCUT2D eigenvalue weighted by Gasteiger charge is -2.11. The standard InChI is InChI=1S/C19H23NO7S/c1-3-28(23,24)27-16-7-4-14(5-8-16)10-11-26-18-9-6-15(13-20-18)12-17(25-2)19(21)22/h4-9,13,17H,3,10-12H2,1-2H3,(H,21,22). The van der Waals surface area contributed by atoms with E-state index in [0.717, 1.165) is 11.1 Å². The number of methoxy groups -OCH3 is 1. The van der Waals surface area contributed by atoms with Crippen LogP contribution in [-0.4, -0.2) is 50.1 Å². The van der Waals surface area contributed by atoms with Gasteiger partial charge in [-0.05, 0) is 30.2 Å². The van der Waals surface area contributed by atoms with E-state index in [9.17, 15) is 13.2 Å². The first-order valence-electron chi connectivity index (χ1n) is 8.67. The number of ether oxygens (including phenoxy) is 2. The lowest BCUT2D eigenvalue weighted by Crippen LogP contribution is -2.24. The van der Waals surface area contributed by atoms with Gasteiger partial charge in [-0.1, -0.05) is 18.2 Å². The Bertz CT molecular complexity index is 864. The Kier molecular flexibility index (Phi) is 7.77. The van der Waals surface area contributed by atoms with Gasteiger partial charge in [0.2, 0.25) is 5.88 Å². The summed E-state index contributed by atoms with van der Waals surface area (Å²) in [7, 11) is -2.18. The minimum absolute atomic E-state index is 0.0865. The molecule has 0 aliphatic heterocycles. The van der Waals surface area contributed by atoms with E-state index in [1.54, 1.807) is 42.6 Å². The molecule has 1 heterocycles. The molecule has 0 aliphatic carbocycles. The van der Waals surface area contributed by atoms with E-state index in [-0.39, 0.29) is 17.9 Å². The fraction of sp³-hybridized carbons (Fsp3) is 0.368. The quantitative estimate of drug-likeness (QED) is 0.562. The molecule has 0 amide bonds. The van der Waals surface area contributed by atoms with Crippen molar-refractivity contribution in [3.8, 4) is 11.6 Å². The highest BCUT2D eigenvalue weighted by atomic mass is 32.2. The maximum atomic E-state index is 11.4. The molecule has 8 nitrogen and oxygen atoms in total. The summed E-state index contributed by atoms with van der Waals surface area (Å²) in [6.45, 7) is 1.90. The fourth-order valence-corrected chi connectivity index (χ4v) is 2.82. The first-order valence-corrected chi connectivity index (χ1v) is 10.2. The maximum Gasteiger partial charge on any atom is 0.333 e. The minimum Gasteiger partial charge on any atom is -0.479 e. The summed E-state index contributed by atoms with van der Waals surface area (Å²) in [6, 6.07) is 10.2. The average Bonchev–Trinajstić information content (AvgIpc) is 2.68. The summed E-state index contributed by atoms with van der Waals surface area (Å²) >= 11 is 0. The van der Waals surface area contributed by atoms with Crippen LogP contribution in [0.2, 0.25) is 0 Å². The number of rotatable bonds is 11. The predicted molar refractivity (Wildman–Crippen MR) is 102 cm³/mol. The summed E-state index contributed by atoms with van der Waals surface area (Å²) < 4.78 is 38.3. The third-order valence-corrected chi connectivity index (χ3v) is 5.07. The van der Waals surface area contributed by atoms with E-state index >= 15 is 0 Å². The van der Waals surface area contributed by atoms with E-state index < -0.39 is 22.2 Å². The van der Waals surface area contributed by atoms with Gasteiger partial charge in [0.25, 0.3) is 0 Å². The Morgan fingerprint density at radius 2 is 1.82 bits per heavy atom. The van der Waals surface area contributed by atoms with Crippen molar-refractivity contribution in [3.63, 3.8) is 0 Å². The summed E-state index contributed by atoms with van der Waals surface area (Å²) in [6.07, 6.45) is 1.48. The number of carboxylic acids is 1. The molecule has 0 fully saturated rings. The second-order valence-electron chi connectivity index (χ2n) is 5.94. The zero-order valence-electron chi connectivity index (χ0n) is 15.7. The SMILES string of the molecule is CCS(=O)(=O)Oc1ccc(CCOc2ccc(CC(OC)C(=O)O)cn2)cc1. The van der Waals surface area contributed by atoms with Gasteiger partial charge in [0.05, 0.1) is 12.4 Å². The number of aliphatic carboxylic acids is 1. The number of aromatic nitrogens is 1. The Morgan fingerprint density at radius 3 is 2.36 bits per heavy atom. The van der Waals surface area contributed by atoms with Crippen LogP contribution >= 0.6 is 0 Å². The average molecular weight is 409 g/mol. The van der Waals surface area contributed by atoms with Gasteiger partial charge < -0.3 is 18.8 Å². The van der Waals surface area contributed by atoms with Gasteiger partial charge in [-0.15, -0.1) is 0 Å². The molecule has 0 spiro atoms. The third kappa shape index (κ3) is 6.82. The number of carboxylic acid groups (broad SMARTS) is 1. The number of pyridine rings is 1. The largest absolute Gasteiger partial charge is 0.479 e. The molecule has 0 saturated heterocycles. The van der Waals surface area contributed by atoms with Crippen LogP contribution in [0.25, 0.3) is 0 Å². The molecule has 0 bridgehead atoms. The van der Waals surface area contributed by atoms with Gasteiger partial charge in [0, 0.05) is 32.2 Å². The molecule has 28 heavy (non-hydrogen) atoms. The van der Waals surface area contributed by atoms with E-state index in [0.29, 0.717) is 18.9 Å². The van der Waals surface area contributed by atoms with Crippen molar-refractivity contribution in [3.05, 3.63) is 53.7 Å². The molecular formula is C19H23NO7S. The molecule has 1 atom stereocenters. The molecule has 1 aromatic carbocycles. The van der Waals surface area contributed by atoms with Crippen LogP contribution in [0, 0.1) is 0 Å². The Labute approximate surface area is 164 Å². The van der Waals surface area contributed by atoms with E-state index in [4.69, 9.17) is 18.8 Å². The van der Waals surface area contributed by atoms with Crippen molar-refractivity contribution in [1.29, 1.82) is 0 Å². The van der Waals surface area contributed by atoms with Crippen LogP contribution in [0.15, 0.2) is 42.6 Å². The highest BCUT2D eigenvalue weighted by Crippen LogP contribution is 2.16. The molecule has 1 unspecified atom stereocenters. The Hall–Kier alpha value is -2.65. The molecule has 152 valence electrons. The highest BCUT2D eigenvalue weighted by Gasteiger charge is 2.17. The zero-order chi connectivity index (χ0) is 20.6. The molecule has 1 aromatic heterocycles. The van der Waals surface area contributed by atoms with Crippen LogP contribution in [0.1, 0.15) is 18.1 Å². The number of hydrogen-bond donors (Lipinski definition) is 1. The smallest absolute Gasteiger partial charge is 0.333 e. The van der Waals surface area contributed by atoms with Crippen LogP contribution in [0.4, 0.5) is 0 Å². The van der Waals surface area contributed by atoms with Crippen molar-refractivity contribution >= 4 is 16.1 Å². The van der Waals surface area contributed by atoms with E-state index in [1.807, 2.05) is 0 Å². The van der Waals surface area contributed by atoms with Crippen LogP contribution in [0.3, 0.4) is 0 Å². The first-order chi connectivity index (χ1) is 13.3. The predicted octanol–water partition coefficient (Wildman–Crippen LogP) is 2.07. The van der Waals surface area contributed by atoms with Crippen LogP contribution < -0.4 is 8.92 Å². The summed E-state index contributed by atoms with van der Waals surface area (Å²) in [5.41, 5.74) is 1.70. The zero-order valence-corrected chi connectivity index (χ0v) is 16.5. The van der Waals surface area contributed by atoms with Crippen molar-refractivity contribution in [1.82, 2.24) is 4.98 Å². The van der Waals surface area contributed by atoms with E-state index in [1.165, 1.54) is 14.0 Å².